The number of aromatic amines is 2. The maximum Gasteiger partial charge on any atom is 0.342 e. The average molecular weight is 239 g/mol. The molecule has 0 bridgehead atoms. The zero-order chi connectivity index (χ0) is 12.5. The molecule has 1 aliphatic rings. The molecule has 1 aromatic heterocycles. The van der Waals surface area contributed by atoms with Gasteiger partial charge >= 0.3 is 5.69 Å². The molecule has 0 aliphatic carbocycles. The van der Waals surface area contributed by atoms with Crippen molar-refractivity contribution in [2.45, 2.75) is 19.8 Å². The highest BCUT2D eigenvalue weighted by molar-refractivity contribution is 5.34. The Morgan fingerprint density at radius 1 is 1.41 bits per heavy atom. The van der Waals surface area contributed by atoms with Crippen molar-refractivity contribution in [1.29, 1.82) is 0 Å². The molecule has 2 heterocycles. The van der Waals surface area contributed by atoms with E-state index in [9.17, 15) is 9.59 Å². The molecule has 0 spiro atoms. The van der Waals surface area contributed by atoms with Gasteiger partial charge in [-0.2, -0.15) is 0 Å². The third-order valence-electron chi connectivity index (χ3n) is 3.46. The van der Waals surface area contributed by atoms with E-state index in [0.717, 1.165) is 25.9 Å². The third kappa shape index (κ3) is 2.38. The highest BCUT2D eigenvalue weighted by Crippen LogP contribution is 2.30. The second-order valence-corrected chi connectivity index (χ2v) is 4.83. The number of anilines is 1. The smallest absolute Gasteiger partial charge is 0.342 e. The normalized spacial score (nSPS) is 19.3. The number of piperidine rings is 1. The summed E-state index contributed by atoms with van der Waals surface area (Å²) in [7, 11) is 0. The van der Waals surface area contributed by atoms with Crippen molar-refractivity contribution in [1.82, 2.24) is 15.2 Å². The standard InChI is InChI=1S/C10H17N5O2/c1-10(6-11)2-4-15(5-3-10)7-8(16)12-9(17)14-13-7/h2-6,11H2,1H3,(H2,12,14,16,17). The molecule has 17 heavy (non-hydrogen) atoms. The van der Waals surface area contributed by atoms with Crippen LogP contribution < -0.4 is 21.9 Å². The predicted octanol–water partition coefficient (Wildman–Crippen LogP) is -0.977. The van der Waals surface area contributed by atoms with Crippen LogP contribution >= 0.6 is 0 Å². The number of H-pyrrole nitrogens is 2. The number of nitrogens with two attached hydrogens (primary N) is 1. The van der Waals surface area contributed by atoms with Crippen LogP contribution in [-0.2, 0) is 0 Å². The maximum absolute atomic E-state index is 11.6. The monoisotopic (exact) mass is 239 g/mol. The lowest BCUT2D eigenvalue weighted by Crippen LogP contribution is -2.45. The summed E-state index contributed by atoms with van der Waals surface area (Å²) in [6.45, 7) is 4.26. The number of hydrogen-bond acceptors (Lipinski definition) is 5. The van der Waals surface area contributed by atoms with Crippen LogP contribution in [0.2, 0.25) is 0 Å². The predicted molar refractivity (Wildman–Crippen MR) is 64.1 cm³/mol. The second-order valence-electron chi connectivity index (χ2n) is 4.83. The second kappa shape index (κ2) is 4.33. The summed E-state index contributed by atoms with van der Waals surface area (Å²) in [5, 5.41) is 6.03. The molecule has 2 rings (SSSR count). The van der Waals surface area contributed by atoms with E-state index < -0.39 is 11.2 Å². The third-order valence-corrected chi connectivity index (χ3v) is 3.46. The van der Waals surface area contributed by atoms with Crippen molar-refractivity contribution in [3.63, 3.8) is 0 Å². The van der Waals surface area contributed by atoms with E-state index in [1.807, 2.05) is 4.90 Å². The molecule has 0 radical (unpaired) electrons. The van der Waals surface area contributed by atoms with Crippen LogP contribution in [0.15, 0.2) is 9.59 Å². The molecule has 4 N–H and O–H groups in total. The van der Waals surface area contributed by atoms with Gasteiger partial charge < -0.3 is 10.6 Å². The molecule has 1 fully saturated rings. The summed E-state index contributed by atoms with van der Waals surface area (Å²) < 4.78 is 0. The Morgan fingerprint density at radius 2 is 2.06 bits per heavy atom. The molecule has 0 aromatic carbocycles. The zero-order valence-electron chi connectivity index (χ0n) is 9.82. The molecule has 1 aromatic rings. The van der Waals surface area contributed by atoms with Gasteiger partial charge in [0.1, 0.15) is 0 Å². The number of nitrogens with zero attached hydrogens (tertiary/aromatic N) is 2. The van der Waals surface area contributed by atoms with E-state index in [4.69, 9.17) is 5.73 Å². The van der Waals surface area contributed by atoms with Crippen molar-refractivity contribution in [2.75, 3.05) is 24.5 Å². The van der Waals surface area contributed by atoms with E-state index in [1.54, 1.807) is 0 Å². The topological polar surface area (TPSA) is 108 Å². The van der Waals surface area contributed by atoms with Gasteiger partial charge in [-0.1, -0.05) is 6.92 Å². The van der Waals surface area contributed by atoms with Crippen molar-refractivity contribution in [2.24, 2.45) is 11.1 Å². The molecule has 1 aliphatic heterocycles. The van der Waals surface area contributed by atoms with Gasteiger partial charge in [0, 0.05) is 13.1 Å². The number of rotatable bonds is 2. The highest BCUT2D eigenvalue weighted by atomic mass is 16.2. The zero-order valence-corrected chi connectivity index (χ0v) is 9.82. The van der Waals surface area contributed by atoms with Crippen LogP contribution in [-0.4, -0.2) is 34.8 Å². The van der Waals surface area contributed by atoms with Gasteiger partial charge in [0.25, 0.3) is 5.56 Å². The van der Waals surface area contributed by atoms with Crippen LogP contribution in [0.4, 0.5) is 5.82 Å². The van der Waals surface area contributed by atoms with Crippen molar-refractivity contribution in [3.05, 3.63) is 20.8 Å². The first kappa shape index (κ1) is 11.8. The van der Waals surface area contributed by atoms with Crippen molar-refractivity contribution in [3.8, 4) is 0 Å². The molecular formula is C10H17N5O2. The number of hydrogen-bond donors (Lipinski definition) is 3. The lowest BCUT2D eigenvalue weighted by molar-refractivity contribution is 0.257. The van der Waals surface area contributed by atoms with Crippen LogP contribution in [0, 0.1) is 5.41 Å². The fourth-order valence-electron chi connectivity index (χ4n) is 2.02. The van der Waals surface area contributed by atoms with Gasteiger partial charge in [-0.3, -0.25) is 9.78 Å². The Labute approximate surface area is 98.0 Å². The maximum atomic E-state index is 11.6. The summed E-state index contributed by atoms with van der Waals surface area (Å²) in [4.78, 5) is 26.5. The van der Waals surface area contributed by atoms with Gasteiger partial charge in [-0.05, 0) is 24.8 Å². The molecule has 1 saturated heterocycles. The Morgan fingerprint density at radius 3 is 2.59 bits per heavy atom. The van der Waals surface area contributed by atoms with E-state index >= 15 is 0 Å². The Hall–Kier alpha value is -1.63. The Kier molecular flexibility index (Phi) is 3.01. The summed E-state index contributed by atoms with van der Waals surface area (Å²) in [5.74, 6) is 0.281. The number of nitrogens with one attached hydrogen (secondary N) is 2. The largest absolute Gasteiger partial charge is 0.351 e. The minimum absolute atomic E-state index is 0.144. The minimum Gasteiger partial charge on any atom is -0.351 e. The van der Waals surface area contributed by atoms with Crippen molar-refractivity contribution >= 4 is 5.82 Å². The summed E-state index contributed by atoms with van der Waals surface area (Å²) >= 11 is 0. The SMILES string of the molecule is CC1(CN)CCN(c2n[nH]c(=O)[nH]c2=O)CC1. The summed E-state index contributed by atoms with van der Waals surface area (Å²) in [6, 6.07) is 0. The van der Waals surface area contributed by atoms with Crippen LogP contribution in [0.5, 0.6) is 0 Å². The minimum atomic E-state index is -0.581. The van der Waals surface area contributed by atoms with Crippen LogP contribution in [0.1, 0.15) is 19.8 Å². The van der Waals surface area contributed by atoms with Crippen molar-refractivity contribution < 1.29 is 0 Å². The first-order valence-corrected chi connectivity index (χ1v) is 5.68. The van der Waals surface area contributed by atoms with Gasteiger partial charge in [0.05, 0.1) is 0 Å². The molecule has 7 heteroatoms. The Balaban J connectivity index is 2.16. The molecule has 0 saturated carbocycles. The first-order chi connectivity index (χ1) is 8.04. The van der Waals surface area contributed by atoms with Crippen LogP contribution in [0.3, 0.4) is 0 Å². The molecule has 7 nitrogen and oxygen atoms in total. The highest BCUT2D eigenvalue weighted by Gasteiger charge is 2.30. The number of aromatic nitrogens is 3. The molecule has 94 valence electrons. The molecular weight excluding hydrogens is 222 g/mol. The van der Waals surface area contributed by atoms with E-state index in [1.165, 1.54) is 0 Å². The quantitative estimate of drug-likeness (QED) is 0.615. The van der Waals surface area contributed by atoms with Gasteiger partial charge in [0.15, 0.2) is 0 Å². The van der Waals surface area contributed by atoms with Gasteiger partial charge in [0.2, 0.25) is 5.82 Å². The van der Waals surface area contributed by atoms with Gasteiger partial charge in [-0.25, -0.2) is 9.89 Å². The van der Waals surface area contributed by atoms with E-state index in [2.05, 4.69) is 22.1 Å². The fourth-order valence-corrected chi connectivity index (χ4v) is 2.02. The fraction of sp³-hybridized carbons (Fsp3) is 0.700. The summed E-state index contributed by atoms with van der Waals surface area (Å²) in [5.41, 5.74) is 4.85. The molecule has 0 atom stereocenters. The summed E-state index contributed by atoms with van der Waals surface area (Å²) in [6.07, 6.45) is 1.84. The Bertz CT molecular complexity index is 498. The first-order valence-electron chi connectivity index (χ1n) is 5.68. The van der Waals surface area contributed by atoms with E-state index in [-0.39, 0.29) is 11.2 Å². The van der Waals surface area contributed by atoms with E-state index in [0.29, 0.717) is 6.54 Å². The lowest BCUT2D eigenvalue weighted by atomic mass is 9.80. The molecule has 0 amide bonds. The lowest BCUT2D eigenvalue weighted by Gasteiger charge is -2.38. The average Bonchev–Trinajstić information content (AvgIpc) is 2.31. The van der Waals surface area contributed by atoms with Gasteiger partial charge in [-0.15, -0.1) is 5.10 Å². The molecule has 0 unspecified atom stereocenters. The van der Waals surface area contributed by atoms with Crippen LogP contribution in [0.25, 0.3) is 0 Å².